The molecule has 1 aliphatic rings. The molecule has 1 aliphatic heterocycles. The summed E-state index contributed by atoms with van der Waals surface area (Å²) in [7, 11) is 1.56. The molecule has 0 atom stereocenters. The number of halogens is 1. The number of likely N-dealkylation sites (tertiary alicyclic amines) is 1. The number of fused-ring (bicyclic) bond motifs is 1. The van der Waals surface area contributed by atoms with E-state index in [0.29, 0.717) is 46.3 Å². The quantitative estimate of drug-likeness (QED) is 0.171. The molecule has 5 aromatic rings. The van der Waals surface area contributed by atoms with Crippen LogP contribution in [0.1, 0.15) is 57.1 Å². The summed E-state index contributed by atoms with van der Waals surface area (Å²) in [6, 6.07) is 19.6. The van der Waals surface area contributed by atoms with E-state index < -0.39 is 5.83 Å². The van der Waals surface area contributed by atoms with Gasteiger partial charge in [-0.2, -0.15) is 5.26 Å². The molecule has 48 heavy (non-hydrogen) atoms. The van der Waals surface area contributed by atoms with Gasteiger partial charge >= 0.3 is 0 Å². The highest BCUT2D eigenvalue weighted by Crippen LogP contribution is 2.31. The SMILES string of the molecule is CC.CC/C=C(/F)C(=NC)c1ccc2nc(-c3cccnc3N)n(-c3ccc(CN4CCC(Nc5ccnc(C#N)n5)CC4)cc3)c2n1. The van der Waals surface area contributed by atoms with Crippen LogP contribution in [0.5, 0.6) is 0 Å². The van der Waals surface area contributed by atoms with E-state index >= 15 is 0 Å². The van der Waals surface area contributed by atoms with Crippen LogP contribution < -0.4 is 11.1 Å². The zero-order chi connectivity index (χ0) is 34.0. The van der Waals surface area contributed by atoms with Crippen LogP contribution in [0.25, 0.3) is 28.2 Å². The fourth-order valence-corrected chi connectivity index (χ4v) is 5.69. The van der Waals surface area contributed by atoms with Crippen LogP contribution in [-0.2, 0) is 6.54 Å². The zero-order valence-corrected chi connectivity index (χ0v) is 27.7. The Balaban J connectivity index is 0.00000221. The van der Waals surface area contributed by atoms with Crippen molar-refractivity contribution in [1.82, 2.24) is 34.4 Å². The highest BCUT2D eigenvalue weighted by molar-refractivity contribution is 6.10. The van der Waals surface area contributed by atoms with E-state index in [-0.39, 0.29) is 17.6 Å². The number of nitrogens with one attached hydrogen (secondary N) is 1. The Hall–Kier alpha value is -5.54. The second-order valence-corrected chi connectivity index (χ2v) is 11.0. The Kier molecular flexibility index (Phi) is 11.2. The van der Waals surface area contributed by atoms with Gasteiger partial charge in [0.05, 0.1) is 11.3 Å². The number of imidazole rings is 1. The third-order valence-corrected chi connectivity index (χ3v) is 7.96. The first-order valence-corrected chi connectivity index (χ1v) is 16.2. The maximum absolute atomic E-state index is 14.9. The van der Waals surface area contributed by atoms with Crippen molar-refractivity contribution in [2.24, 2.45) is 4.99 Å². The van der Waals surface area contributed by atoms with Crippen LogP contribution in [0.3, 0.4) is 0 Å². The number of pyridine rings is 2. The molecule has 0 amide bonds. The third-order valence-electron chi connectivity index (χ3n) is 7.96. The number of aliphatic imine (C=N–C) groups is 1. The van der Waals surface area contributed by atoms with E-state index in [0.717, 1.165) is 38.2 Å². The molecule has 1 saturated heterocycles. The lowest BCUT2D eigenvalue weighted by molar-refractivity contribution is 0.211. The van der Waals surface area contributed by atoms with Gasteiger partial charge in [0.2, 0.25) is 5.82 Å². The van der Waals surface area contributed by atoms with Crippen molar-refractivity contribution in [2.75, 3.05) is 31.2 Å². The molecular formula is C36H40FN11. The fraction of sp³-hybridized carbons (Fsp3) is 0.306. The van der Waals surface area contributed by atoms with E-state index in [9.17, 15) is 4.39 Å². The van der Waals surface area contributed by atoms with Crippen molar-refractivity contribution >= 4 is 28.5 Å². The van der Waals surface area contributed by atoms with E-state index in [4.69, 9.17) is 21.0 Å². The first-order chi connectivity index (χ1) is 23.5. The lowest BCUT2D eigenvalue weighted by atomic mass is 10.0. The second kappa shape index (κ2) is 15.8. The lowest BCUT2D eigenvalue weighted by Gasteiger charge is -2.32. The van der Waals surface area contributed by atoms with Crippen molar-refractivity contribution < 1.29 is 4.39 Å². The summed E-state index contributed by atoms with van der Waals surface area (Å²) < 4.78 is 16.8. The molecule has 0 saturated carbocycles. The minimum absolute atomic E-state index is 0.166. The van der Waals surface area contributed by atoms with Gasteiger partial charge in [0.15, 0.2) is 11.5 Å². The van der Waals surface area contributed by atoms with Crippen LogP contribution in [0, 0.1) is 11.3 Å². The molecule has 6 rings (SSSR count). The second-order valence-electron chi connectivity index (χ2n) is 11.0. The average Bonchev–Trinajstić information content (AvgIpc) is 3.50. The van der Waals surface area contributed by atoms with Gasteiger partial charge in [-0.1, -0.05) is 32.9 Å². The number of nitrogens with two attached hydrogens (primary N) is 1. The molecule has 3 N–H and O–H groups in total. The smallest absolute Gasteiger partial charge is 0.234 e. The Morgan fingerprint density at radius 2 is 1.81 bits per heavy atom. The van der Waals surface area contributed by atoms with Crippen LogP contribution in [0.15, 0.2) is 83.9 Å². The van der Waals surface area contributed by atoms with Crippen molar-refractivity contribution in [2.45, 2.75) is 52.6 Å². The number of nitrogen functional groups attached to an aromatic ring is 1. The van der Waals surface area contributed by atoms with Gasteiger partial charge in [-0.05, 0) is 73.4 Å². The lowest BCUT2D eigenvalue weighted by Crippen LogP contribution is -2.38. The number of hydrogen-bond donors (Lipinski definition) is 2. The minimum atomic E-state index is -0.411. The topological polar surface area (TPSA) is 147 Å². The molecule has 12 heteroatoms. The molecule has 5 heterocycles. The highest BCUT2D eigenvalue weighted by Gasteiger charge is 2.22. The van der Waals surface area contributed by atoms with Crippen LogP contribution in [0.4, 0.5) is 16.0 Å². The number of benzene rings is 1. The number of piperidine rings is 1. The summed E-state index contributed by atoms with van der Waals surface area (Å²) in [6.07, 6.45) is 7.21. The number of nitriles is 1. The summed E-state index contributed by atoms with van der Waals surface area (Å²) >= 11 is 0. The molecule has 11 nitrogen and oxygen atoms in total. The van der Waals surface area contributed by atoms with Gasteiger partial charge in [0, 0.05) is 50.8 Å². The number of nitrogens with zero attached hydrogens (tertiary/aromatic N) is 9. The van der Waals surface area contributed by atoms with Gasteiger partial charge in [-0.25, -0.2) is 29.3 Å². The van der Waals surface area contributed by atoms with Crippen molar-refractivity contribution in [3.63, 3.8) is 0 Å². The molecule has 0 aliphatic carbocycles. The fourth-order valence-electron chi connectivity index (χ4n) is 5.69. The molecule has 1 aromatic carbocycles. The van der Waals surface area contributed by atoms with E-state index in [1.165, 1.54) is 11.6 Å². The number of anilines is 2. The average molecular weight is 646 g/mol. The summed E-state index contributed by atoms with van der Waals surface area (Å²) in [5.74, 6) is 1.39. The molecule has 4 aromatic heterocycles. The first kappa shape index (κ1) is 33.8. The zero-order valence-electron chi connectivity index (χ0n) is 27.7. The Morgan fingerprint density at radius 3 is 2.50 bits per heavy atom. The van der Waals surface area contributed by atoms with Crippen LogP contribution in [0.2, 0.25) is 0 Å². The molecule has 246 valence electrons. The highest BCUT2D eigenvalue weighted by atomic mass is 19.1. The predicted octanol–water partition coefficient (Wildman–Crippen LogP) is 6.51. The number of rotatable bonds is 9. The molecule has 0 bridgehead atoms. The van der Waals surface area contributed by atoms with Gasteiger partial charge in [0.1, 0.15) is 34.8 Å². The maximum atomic E-state index is 14.9. The maximum Gasteiger partial charge on any atom is 0.234 e. The van der Waals surface area contributed by atoms with E-state index in [1.54, 1.807) is 31.6 Å². The molecule has 0 spiro atoms. The van der Waals surface area contributed by atoms with Crippen molar-refractivity contribution in [3.05, 3.63) is 96.0 Å². The summed E-state index contributed by atoms with van der Waals surface area (Å²) in [5.41, 5.74) is 10.8. The van der Waals surface area contributed by atoms with Gasteiger partial charge in [0.25, 0.3) is 0 Å². The van der Waals surface area contributed by atoms with Crippen molar-refractivity contribution in [1.29, 1.82) is 5.26 Å². The Morgan fingerprint density at radius 1 is 1.04 bits per heavy atom. The number of aromatic nitrogens is 6. The van der Waals surface area contributed by atoms with Crippen LogP contribution >= 0.6 is 0 Å². The van der Waals surface area contributed by atoms with Crippen LogP contribution in [-0.4, -0.2) is 66.3 Å². The third kappa shape index (κ3) is 7.53. The monoisotopic (exact) mass is 645 g/mol. The van der Waals surface area contributed by atoms with E-state index in [1.807, 2.05) is 61.7 Å². The molecule has 0 unspecified atom stereocenters. The number of hydrogen-bond acceptors (Lipinski definition) is 10. The first-order valence-electron chi connectivity index (χ1n) is 16.2. The van der Waals surface area contributed by atoms with Gasteiger partial charge in [-0.15, -0.1) is 0 Å². The largest absolute Gasteiger partial charge is 0.383 e. The summed E-state index contributed by atoms with van der Waals surface area (Å²) in [4.78, 5) is 28.8. The van der Waals surface area contributed by atoms with Gasteiger partial charge in [-0.3, -0.25) is 14.5 Å². The molecule has 0 radical (unpaired) electrons. The van der Waals surface area contributed by atoms with E-state index in [2.05, 4.69) is 42.3 Å². The molecule has 1 fully saturated rings. The minimum Gasteiger partial charge on any atom is -0.383 e. The summed E-state index contributed by atoms with van der Waals surface area (Å²) in [5, 5.41) is 12.5. The standard InChI is InChI=1S/C34H34FN11.C2H6/c1-3-5-26(35)31(38-2)27-11-12-28-34(42-27)46(33(43-28)25-6-4-16-40-32(25)37)24-9-7-22(8-10-24)21-45-18-14-23(15-19-45)41-29-13-17-39-30(20-36)44-29;1-2/h4-13,16-17,23H,3,14-15,18-19,21H2,1-2H3,(H2,37,40)(H,39,41,44);1-2H3/b26-5+,38-31?;. The van der Waals surface area contributed by atoms with Crippen molar-refractivity contribution in [3.8, 4) is 23.1 Å². The normalized spacial score (nSPS) is 14.3. The molecular weight excluding hydrogens is 605 g/mol. The summed E-state index contributed by atoms with van der Waals surface area (Å²) in [6.45, 7) is 8.56. The van der Waals surface area contributed by atoms with Gasteiger partial charge < -0.3 is 11.1 Å². The number of allylic oxidation sites excluding steroid dienone is 2. The predicted molar refractivity (Wildman–Crippen MR) is 188 cm³/mol. The Bertz CT molecular complexity index is 1950. The Labute approximate surface area is 280 Å².